The molecule has 1 aliphatic carbocycles. The number of anilines is 2. The second kappa shape index (κ2) is 8.91. The van der Waals surface area contributed by atoms with Crippen LogP contribution in [-0.4, -0.2) is 18.9 Å². The van der Waals surface area contributed by atoms with Crippen molar-refractivity contribution in [2.24, 2.45) is 11.8 Å². The standard InChI is InChI=1S/C23H28N2O3/c1-15-6-4-9-21(16(15)2)25-23(27)18-12-10-17(11-13-18)22(26)24-19-7-5-8-20(14-19)28-3/h4-9,14,17-18H,10-13H2,1-3H3,(H,24,26)(H,25,27). The van der Waals surface area contributed by atoms with Crippen molar-refractivity contribution in [2.45, 2.75) is 39.5 Å². The highest BCUT2D eigenvalue weighted by Crippen LogP contribution is 2.31. The minimum absolute atomic E-state index is 0.0154. The Morgan fingerprint density at radius 2 is 1.50 bits per heavy atom. The molecule has 0 aliphatic heterocycles. The van der Waals surface area contributed by atoms with Crippen LogP contribution in [0.1, 0.15) is 36.8 Å². The zero-order valence-corrected chi connectivity index (χ0v) is 16.7. The highest BCUT2D eigenvalue weighted by Gasteiger charge is 2.30. The summed E-state index contributed by atoms with van der Waals surface area (Å²) in [6.07, 6.45) is 2.90. The smallest absolute Gasteiger partial charge is 0.227 e. The Labute approximate surface area is 166 Å². The lowest BCUT2D eigenvalue weighted by molar-refractivity contribution is -0.125. The third-order valence-corrected chi connectivity index (χ3v) is 5.67. The van der Waals surface area contributed by atoms with Crippen molar-refractivity contribution in [3.8, 4) is 5.75 Å². The predicted octanol–water partition coefficient (Wildman–Crippen LogP) is 4.70. The molecule has 0 radical (unpaired) electrons. The van der Waals surface area contributed by atoms with E-state index in [2.05, 4.69) is 10.6 Å². The number of aryl methyl sites for hydroxylation is 1. The number of rotatable bonds is 5. The molecule has 0 bridgehead atoms. The average Bonchev–Trinajstić information content (AvgIpc) is 2.71. The van der Waals surface area contributed by atoms with Crippen molar-refractivity contribution < 1.29 is 14.3 Å². The van der Waals surface area contributed by atoms with Crippen LogP contribution in [0.3, 0.4) is 0 Å². The quantitative estimate of drug-likeness (QED) is 0.790. The van der Waals surface area contributed by atoms with Gasteiger partial charge in [0.25, 0.3) is 0 Å². The van der Waals surface area contributed by atoms with Gasteiger partial charge in [-0.05, 0) is 68.9 Å². The SMILES string of the molecule is COc1cccc(NC(=O)C2CCC(C(=O)Nc3cccc(C)c3C)CC2)c1. The highest BCUT2D eigenvalue weighted by atomic mass is 16.5. The molecule has 0 unspecified atom stereocenters. The molecule has 1 saturated carbocycles. The minimum Gasteiger partial charge on any atom is -0.497 e. The Kier molecular flexibility index (Phi) is 6.34. The fourth-order valence-electron chi connectivity index (χ4n) is 3.68. The van der Waals surface area contributed by atoms with Crippen LogP contribution in [0.4, 0.5) is 11.4 Å². The van der Waals surface area contributed by atoms with Gasteiger partial charge in [0.1, 0.15) is 5.75 Å². The molecule has 0 spiro atoms. The second-order valence-corrected chi connectivity index (χ2v) is 7.51. The molecule has 2 aromatic rings. The Morgan fingerprint density at radius 1 is 0.893 bits per heavy atom. The maximum absolute atomic E-state index is 12.6. The maximum Gasteiger partial charge on any atom is 0.227 e. The number of amides is 2. The molecule has 0 atom stereocenters. The van der Waals surface area contributed by atoms with Gasteiger partial charge in [0, 0.05) is 29.3 Å². The monoisotopic (exact) mass is 380 g/mol. The van der Waals surface area contributed by atoms with E-state index in [9.17, 15) is 9.59 Å². The first-order valence-electron chi connectivity index (χ1n) is 9.80. The third kappa shape index (κ3) is 4.71. The van der Waals surface area contributed by atoms with Crippen molar-refractivity contribution in [3.05, 3.63) is 53.6 Å². The van der Waals surface area contributed by atoms with Crippen LogP contribution in [0.15, 0.2) is 42.5 Å². The van der Waals surface area contributed by atoms with Crippen LogP contribution < -0.4 is 15.4 Å². The number of methoxy groups -OCH3 is 1. The first-order chi connectivity index (χ1) is 13.5. The van der Waals surface area contributed by atoms with Gasteiger partial charge in [-0.1, -0.05) is 18.2 Å². The van der Waals surface area contributed by atoms with E-state index in [-0.39, 0.29) is 23.7 Å². The van der Waals surface area contributed by atoms with Crippen LogP contribution in [-0.2, 0) is 9.59 Å². The van der Waals surface area contributed by atoms with E-state index in [0.717, 1.165) is 48.2 Å². The van der Waals surface area contributed by atoms with Gasteiger partial charge in [-0.2, -0.15) is 0 Å². The number of carbonyl (C=O) groups excluding carboxylic acids is 2. The lowest BCUT2D eigenvalue weighted by Gasteiger charge is -2.27. The molecule has 5 heteroatoms. The Hall–Kier alpha value is -2.82. The summed E-state index contributed by atoms with van der Waals surface area (Å²) in [6, 6.07) is 13.3. The number of nitrogens with one attached hydrogen (secondary N) is 2. The van der Waals surface area contributed by atoms with Crippen molar-refractivity contribution in [2.75, 3.05) is 17.7 Å². The second-order valence-electron chi connectivity index (χ2n) is 7.51. The number of hydrogen-bond donors (Lipinski definition) is 2. The minimum atomic E-state index is -0.0593. The Morgan fingerprint density at radius 3 is 2.14 bits per heavy atom. The molecule has 2 amide bonds. The number of ether oxygens (including phenoxy) is 1. The Bertz CT molecular complexity index is 855. The van der Waals surface area contributed by atoms with Gasteiger partial charge in [0.15, 0.2) is 0 Å². The molecule has 1 aliphatic rings. The third-order valence-electron chi connectivity index (χ3n) is 5.67. The van der Waals surface area contributed by atoms with Crippen molar-refractivity contribution in [1.29, 1.82) is 0 Å². The van der Waals surface area contributed by atoms with E-state index in [4.69, 9.17) is 4.74 Å². The fraction of sp³-hybridized carbons (Fsp3) is 0.391. The van der Waals surface area contributed by atoms with Gasteiger partial charge in [-0.3, -0.25) is 9.59 Å². The van der Waals surface area contributed by atoms with E-state index in [1.807, 2.05) is 50.2 Å². The highest BCUT2D eigenvalue weighted by molar-refractivity contribution is 5.95. The van der Waals surface area contributed by atoms with Crippen LogP contribution in [0.25, 0.3) is 0 Å². The van der Waals surface area contributed by atoms with Gasteiger partial charge in [-0.25, -0.2) is 0 Å². The molecule has 0 saturated heterocycles. The van der Waals surface area contributed by atoms with E-state index in [0.29, 0.717) is 5.75 Å². The van der Waals surface area contributed by atoms with Crippen LogP contribution in [0.5, 0.6) is 5.75 Å². The van der Waals surface area contributed by atoms with Gasteiger partial charge in [0.05, 0.1) is 7.11 Å². The first-order valence-corrected chi connectivity index (χ1v) is 9.80. The summed E-state index contributed by atoms with van der Waals surface area (Å²) < 4.78 is 5.19. The largest absolute Gasteiger partial charge is 0.497 e. The normalized spacial score (nSPS) is 19.0. The van der Waals surface area contributed by atoms with E-state index >= 15 is 0 Å². The molecule has 2 aromatic carbocycles. The van der Waals surface area contributed by atoms with E-state index in [1.165, 1.54) is 0 Å². The number of benzene rings is 2. The summed E-state index contributed by atoms with van der Waals surface area (Å²) >= 11 is 0. The molecule has 28 heavy (non-hydrogen) atoms. The summed E-state index contributed by atoms with van der Waals surface area (Å²) in [5.41, 5.74) is 3.87. The van der Waals surface area contributed by atoms with Crippen molar-refractivity contribution in [1.82, 2.24) is 0 Å². The lowest BCUT2D eigenvalue weighted by Crippen LogP contribution is -2.32. The van der Waals surface area contributed by atoms with E-state index in [1.54, 1.807) is 13.2 Å². The molecule has 5 nitrogen and oxygen atoms in total. The zero-order chi connectivity index (χ0) is 20.1. The molecule has 2 N–H and O–H groups in total. The summed E-state index contributed by atoms with van der Waals surface area (Å²) in [4.78, 5) is 25.2. The molecule has 3 rings (SSSR count). The molecule has 0 heterocycles. The fourth-order valence-corrected chi connectivity index (χ4v) is 3.68. The van der Waals surface area contributed by atoms with Crippen LogP contribution >= 0.6 is 0 Å². The van der Waals surface area contributed by atoms with Gasteiger partial charge in [-0.15, -0.1) is 0 Å². The summed E-state index contributed by atoms with van der Waals surface area (Å²) in [5.74, 6) is 0.684. The summed E-state index contributed by atoms with van der Waals surface area (Å²) in [5, 5.41) is 6.03. The summed E-state index contributed by atoms with van der Waals surface area (Å²) in [6.45, 7) is 4.06. The maximum atomic E-state index is 12.6. The molecular formula is C23H28N2O3. The van der Waals surface area contributed by atoms with Crippen molar-refractivity contribution in [3.63, 3.8) is 0 Å². The van der Waals surface area contributed by atoms with Crippen LogP contribution in [0.2, 0.25) is 0 Å². The molecule has 0 aromatic heterocycles. The predicted molar refractivity (Wildman–Crippen MR) is 112 cm³/mol. The lowest BCUT2D eigenvalue weighted by atomic mass is 9.81. The number of hydrogen-bond acceptors (Lipinski definition) is 3. The zero-order valence-electron chi connectivity index (χ0n) is 16.7. The van der Waals surface area contributed by atoms with E-state index < -0.39 is 0 Å². The summed E-state index contributed by atoms with van der Waals surface area (Å²) in [7, 11) is 1.60. The molecule has 1 fully saturated rings. The number of carbonyl (C=O) groups is 2. The van der Waals surface area contributed by atoms with Gasteiger partial charge in [0.2, 0.25) is 11.8 Å². The molecular weight excluding hydrogens is 352 g/mol. The molecule has 148 valence electrons. The van der Waals surface area contributed by atoms with Gasteiger partial charge >= 0.3 is 0 Å². The van der Waals surface area contributed by atoms with Crippen molar-refractivity contribution >= 4 is 23.2 Å². The average molecular weight is 380 g/mol. The topological polar surface area (TPSA) is 67.4 Å². The first kappa shape index (κ1) is 19.9. The van der Waals surface area contributed by atoms with Gasteiger partial charge < -0.3 is 15.4 Å². The Balaban J connectivity index is 1.52. The van der Waals surface area contributed by atoms with Crippen LogP contribution in [0, 0.1) is 25.7 Å².